The van der Waals surface area contributed by atoms with E-state index < -0.39 is 0 Å². The molecule has 146 valence electrons. The maximum atomic E-state index is 13.5. The lowest BCUT2D eigenvalue weighted by molar-refractivity contribution is 0.627. The SMILES string of the molecule is Fc1ccc(-c2cc(-c3ccccc3)nc3c2C(=S)N(c2ccc(F)cc2)C3)cc1. The molecule has 30 heavy (non-hydrogen) atoms. The molecule has 5 heteroatoms. The fraction of sp³-hybridized carbons (Fsp3) is 0.0400. The molecule has 0 atom stereocenters. The third kappa shape index (κ3) is 3.27. The van der Waals surface area contributed by atoms with Crippen LogP contribution in [0.25, 0.3) is 22.4 Å². The lowest BCUT2D eigenvalue weighted by Gasteiger charge is -2.18. The summed E-state index contributed by atoms with van der Waals surface area (Å²) < 4.78 is 26.9. The Morgan fingerprint density at radius 3 is 2.07 bits per heavy atom. The number of aromatic nitrogens is 1. The Bertz CT molecular complexity index is 1240. The summed E-state index contributed by atoms with van der Waals surface area (Å²) >= 11 is 5.80. The van der Waals surface area contributed by atoms with Gasteiger partial charge < -0.3 is 4.90 Å². The minimum atomic E-state index is -0.294. The predicted molar refractivity (Wildman–Crippen MR) is 119 cm³/mol. The lowest BCUT2D eigenvalue weighted by Crippen LogP contribution is -2.22. The number of thiocarbonyl (C=S) groups is 1. The number of anilines is 1. The molecule has 2 heterocycles. The van der Waals surface area contributed by atoms with E-state index in [0.717, 1.165) is 39.3 Å². The van der Waals surface area contributed by atoms with Crippen molar-refractivity contribution in [2.24, 2.45) is 0 Å². The number of pyridine rings is 1. The van der Waals surface area contributed by atoms with Gasteiger partial charge >= 0.3 is 0 Å². The normalized spacial score (nSPS) is 12.9. The molecule has 0 unspecified atom stereocenters. The zero-order chi connectivity index (χ0) is 20.7. The van der Waals surface area contributed by atoms with Gasteiger partial charge in [-0.25, -0.2) is 8.78 Å². The van der Waals surface area contributed by atoms with E-state index in [9.17, 15) is 8.78 Å². The molecule has 4 aromatic rings. The van der Waals surface area contributed by atoms with E-state index in [1.807, 2.05) is 41.3 Å². The smallest absolute Gasteiger partial charge is 0.123 e. The number of fused-ring (bicyclic) bond motifs is 1. The van der Waals surface area contributed by atoms with Crippen molar-refractivity contribution in [2.75, 3.05) is 4.90 Å². The molecule has 0 aliphatic carbocycles. The molecule has 0 amide bonds. The van der Waals surface area contributed by atoms with Crippen LogP contribution in [0.5, 0.6) is 0 Å². The second kappa shape index (κ2) is 7.43. The maximum Gasteiger partial charge on any atom is 0.123 e. The average Bonchev–Trinajstić information content (AvgIpc) is 3.11. The molecule has 0 saturated carbocycles. The molecule has 5 rings (SSSR count). The van der Waals surface area contributed by atoms with Crippen molar-refractivity contribution in [3.8, 4) is 22.4 Å². The summed E-state index contributed by atoms with van der Waals surface area (Å²) in [5.41, 5.74) is 6.13. The van der Waals surface area contributed by atoms with Gasteiger partial charge in [-0.3, -0.25) is 4.98 Å². The zero-order valence-electron chi connectivity index (χ0n) is 15.8. The van der Waals surface area contributed by atoms with E-state index in [1.165, 1.54) is 24.3 Å². The van der Waals surface area contributed by atoms with Gasteiger partial charge in [-0.15, -0.1) is 0 Å². The van der Waals surface area contributed by atoms with Gasteiger partial charge in [-0.2, -0.15) is 0 Å². The first-order chi connectivity index (χ1) is 14.6. The van der Waals surface area contributed by atoms with Gasteiger partial charge in [-0.1, -0.05) is 54.7 Å². The molecule has 0 N–H and O–H groups in total. The molecule has 0 bridgehead atoms. The molecule has 0 fully saturated rings. The Labute approximate surface area is 178 Å². The molecule has 1 aliphatic heterocycles. The Balaban J connectivity index is 1.68. The summed E-state index contributed by atoms with van der Waals surface area (Å²) in [5, 5.41) is 0. The average molecular weight is 414 g/mol. The molecular weight excluding hydrogens is 398 g/mol. The van der Waals surface area contributed by atoms with Crippen molar-refractivity contribution < 1.29 is 8.78 Å². The van der Waals surface area contributed by atoms with Crippen LogP contribution in [0.1, 0.15) is 11.3 Å². The summed E-state index contributed by atoms with van der Waals surface area (Å²) in [6.07, 6.45) is 0. The fourth-order valence-electron chi connectivity index (χ4n) is 3.75. The number of hydrogen-bond donors (Lipinski definition) is 0. The van der Waals surface area contributed by atoms with Gasteiger partial charge in [0.15, 0.2) is 0 Å². The third-order valence-corrected chi connectivity index (χ3v) is 5.65. The van der Waals surface area contributed by atoms with Crippen LogP contribution in [0, 0.1) is 11.6 Å². The zero-order valence-corrected chi connectivity index (χ0v) is 16.7. The first-order valence-electron chi connectivity index (χ1n) is 9.53. The van der Waals surface area contributed by atoms with E-state index in [-0.39, 0.29) is 11.6 Å². The van der Waals surface area contributed by atoms with E-state index >= 15 is 0 Å². The van der Waals surface area contributed by atoms with Gasteiger partial charge in [0, 0.05) is 16.8 Å². The fourth-order valence-corrected chi connectivity index (χ4v) is 4.15. The van der Waals surface area contributed by atoms with Crippen LogP contribution in [0.4, 0.5) is 14.5 Å². The van der Waals surface area contributed by atoms with Crippen LogP contribution < -0.4 is 4.90 Å². The van der Waals surface area contributed by atoms with Gasteiger partial charge in [-0.05, 0) is 53.6 Å². The summed E-state index contributed by atoms with van der Waals surface area (Å²) in [4.78, 5) is 7.47. The molecule has 1 aliphatic rings. The molecule has 3 aromatic carbocycles. The topological polar surface area (TPSA) is 16.1 Å². The number of halogens is 2. The second-order valence-electron chi connectivity index (χ2n) is 7.12. The highest BCUT2D eigenvalue weighted by Gasteiger charge is 2.30. The number of hydrogen-bond acceptors (Lipinski definition) is 2. The number of benzene rings is 3. The van der Waals surface area contributed by atoms with Crippen molar-refractivity contribution in [1.82, 2.24) is 4.98 Å². The van der Waals surface area contributed by atoms with Crippen molar-refractivity contribution in [1.29, 1.82) is 0 Å². The van der Waals surface area contributed by atoms with Gasteiger partial charge in [0.1, 0.15) is 16.6 Å². The summed E-state index contributed by atoms with van der Waals surface area (Å²) in [6, 6.07) is 24.6. The number of nitrogens with zero attached hydrogens (tertiary/aromatic N) is 2. The van der Waals surface area contributed by atoms with E-state index in [1.54, 1.807) is 24.3 Å². The summed E-state index contributed by atoms with van der Waals surface area (Å²) in [7, 11) is 0. The molecule has 0 radical (unpaired) electrons. The minimum Gasteiger partial charge on any atom is -0.326 e. The number of rotatable bonds is 3. The summed E-state index contributed by atoms with van der Waals surface area (Å²) in [6.45, 7) is 0.495. The summed E-state index contributed by atoms with van der Waals surface area (Å²) in [5.74, 6) is -0.582. The van der Waals surface area contributed by atoms with Crippen molar-refractivity contribution in [2.45, 2.75) is 6.54 Å². The molecule has 0 saturated heterocycles. The minimum absolute atomic E-state index is 0.289. The Morgan fingerprint density at radius 1 is 0.767 bits per heavy atom. The first-order valence-corrected chi connectivity index (χ1v) is 9.94. The van der Waals surface area contributed by atoms with Crippen LogP contribution in [0.15, 0.2) is 84.9 Å². The van der Waals surface area contributed by atoms with Crippen LogP contribution in [0.2, 0.25) is 0 Å². The molecule has 0 spiro atoms. The van der Waals surface area contributed by atoms with E-state index in [2.05, 4.69) is 0 Å². The highest BCUT2D eigenvalue weighted by atomic mass is 32.1. The van der Waals surface area contributed by atoms with Crippen molar-refractivity contribution in [3.63, 3.8) is 0 Å². The van der Waals surface area contributed by atoms with Crippen molar-refractivity contribution >= 4 is 22.9 Å². The second-order valence-corrected chi connectivity index (χ2v) is 7.50. The van der Waals surface area contributed by atoms with Crippen LogP contribution in [-0.2, 0) is 6.54 Å². The first kappa shape index (κ1) is 18.6. The molecular formula is C25H16F2N2S. The predicted octanol–water partition coefficient (Wildman–Crippen LogP) is 6.39. The monoisotopic (exact) mass is 414 g/mol. The van der Waals surface area contributed by atoms with E-state index in [4.69, 9.17) is 17.2 Å². The Hall–Kier alpha value is -3.44. The third-order valence-electron chi connectivity index (χ3n) is 5.22. The van der Waals surface area contributed by atoms with Gasteiger partial charge in [0.25, 0.3) is 0 Å². The quantitative estimate of drug-likeness (QED) is 0.361. The highest BCUT2D eigenvalue weighted by molar-refractivity contribution is 7.81. The molecule has 1 aromatic heterocycles. The van der Waals surface area contributed by atoms with E-state index in [0.29, 0.717) is 11.5 Å². The van der Waals surface area contributed by atoms with Crippen LogP contribution in [0.3, 0.4) is 0 Å². The maximum absolute atomic E-state index is 13.5. The van der Waals surface area contributed by atoms with Crippen LogP contribution >= 0.6 is 12.2 Å². The Morgan fingerprint density at radius 2 is 1.40 bits per heavy atom. The highest BCUT2D eigenvalue weighted by Crippen LogP contribution is 2.37. The largest absolute Gasteiger partial charge is 0.326 e. The van der Waals surface area contributed by atoms with Crippen LogP contribution in [-0.4, -0.2) is 9.97 Å². The lowest BCUT2D eigenvalue weighted by atomic mass is 9.97. The standard InChI is InChI=1S/C25H16F2N2S/c26-18-8-6-16(7-9-18)21-14-22(17-4-2-1-3-5-17)28-23-15-29(25(30)24(21)23)20-12-10-19(27)11-13-20/h1-14H,15H2. The van der Waals surface area contributed by atoms with Gasteiger partial charge in [0.2, 0.25) is 0 Å². The van der Waals surface area contributed by atoms with Crippen molar-refractivity contribution in [3.05, 3.63) is 108 Å². The Kier molecular flexibility index (Phi) is 4.60. The molecule has 2 nitrogen and oxygen atoms in total. The van der Waals surface area contributed by atoms with Gasteiger partial charge in [0.05, 0.1) is 17.9 Å².